The van der Waals surface area contributed by atoms with Gasteiger partial charge in [0.2, 0.25) is 15.9 Å². The first-order valence-corrected chi connectivity index (χ1v) is 12.6. The molecule has 6 nitrogen and oxygen atoms in total. The van der Waals surface area contributed by atoms with E-state index in [4.69, 9.17) is 4.74 Å². The molecule has 0 saturated heterocycles. The van der Waals surface area contributed by atoms with Gasteiger partial charge in [-0.05, 0) is 43.2 Å². The van der Waals surface area contributed by atoms with Crippen molar-refractivity contribution in [2.24, 2.45) is 0 Å². The Kier molecular flexibility index (Phi) is 6.77. The van der Waals surface area contributed by atoms with Gasteiger partial charge in [-0.25, -0.2) is 8.42 Å². The van der Waals surface area contributed by atoms with Gasteiger partial charge in [-0.1, -0.05) is 48.0 Å². The molecule has 0 radical (unpaired) electrons. The van der Waals surface area contributed by atoms with Crippen LogP contribution in [-0.2, 0) is 14.8 Å². The average molecular weight is 495 g/mol. The van der Waals surface area contributed by atoms with Gasteiger partial charge in [0.1, 0.15) is 17.9 Å². The van der Waals surface area contributed by atoms with Crippen LogP contribution in [0, 0.1) is 0 Å². The van der Waals surface area contributed by atoms with Crippen LogP contribution in [0.25, 0.3) is 0 Å². The van der Waals surface area contributed by atoms with Crippen LogP contribution in [-0.4, -0.2) is 32.7 Å². The number of halogens is 1. The lowest BCUT2D eigenvalue weighted by Gasteiger charge is -2.41. The van der Waals surface area contributed by atoms with E-state index in [1.165, 1.54) is 0 Å². The molecule has 1 aliphatic rings. The van der Waals surface area contributed by atoms with Gasteiger partial charge < -0.3 is 10.1 Å². The van der Waals surface area contributed by atoms with Crippen molar-refractivity contribution in [3.8, 4) is 5.75 Å². The lowest BCUT2D eigenvalue weighted by Crippen LogP contribution is -2.47. The van der Waals surface area contributed by atoms with E-state index in [2.05, 4.69) is 35.1 Å². The smallest absolute Gasteiger partial charge is 0.241 e. The number of ether oxygens (including phenoxy) is 1. The number of amides is 1. The maximum absolute atomic E-state index is 12.9. The number of anilines is 1. The van der Waals surface area contributed by atoms with Gasteiger partial charge >= 0.3 is 0 Å². The molecule has 0 bridgehead atoms. The molecule has 0 aliphatic carbocycles. The van der Waals surface area contributed by atoms with E-state index in [-0.39, 0.29) is 24.1 Å². The second kappa shape index (κ2) is 8.98. The first-order chi connectivity index (χ1) is 14.2. The SMILES string of the molecule is CCC1(CC)C[C@H](NC(=O)CN(c2ccc(Br)cc2)S(C)(=O)=O)c2ccccc2O1. The molecule has 0 fully saturated rings. The lowest BCUT2D eigenvalue weighted by atomic mass is 9.83. The highest BCUT2D eigenvalue weighted by Gasteiger charge is 2.39. The average Bonchev–Trinajstić information content (AvgIpc) is 2.72. The van der Waals surface area contributed by atoms with Crippen LogP contribution in [0.5, 0.6) is 5.75 Å². The molecule has 1 heterocycles. The molecular weight excluding hydrogens is 468 g/mol. The van der Waals surface area contributed by atoms with Gasteiger partial charge in [0.05, 0.1) is 18.0 Å². The zero-order valence-electron chi connectivity index (χ0n) is 17.4. The molecule has 2 aromatic rings. The summed E-state index contributed by atoms with van der Waals surface area (Å²) in [6.07, 6.45) is 3.38. The zero-order chi connectivity index (χ0) is 21.9. The van der Waals surface area contributed by atoms with Gasteiger partial charge in [0, 0.05) is 16.5 Å². The first kappa shape index (κ1) is 22.6. The molecule has 0 aromatic heterocycles. The highest BCUT2D eigenvalue weighted by Crippen LogP contribution is 2.42. The molecule has 0 unspecified atom stereocenters. The Bertz CT molecular complexity index is 1000. The molecule has 8 heteroatoms. The third-order valence-corrected chi connectivity index (χ3v) is 7.29. The number of rotatable bonds is 7. The number of nitrogens with zero attached hydrogens (tertiary/aromatic N) is 1. The summed E-state index contributed by atoms with van der Waals surface area (Å²) < 4.78 is 32.9. The molecule has 2 aromatic carbocycles. The van der Waals surface area contributed by atoms with E-state index in [1.54, 1.807) is 24.3 Å². The fraction of sp³-hybridized carbons (Fsp3) is 0.409. The van der Waals surface area contributed by atoms with E-state index in [1.807, 2.05) is 24.3 Å². The standard InChI is InChI=1S/C22H27BrN2O4S/c1-4-22(5-2)14-19(18-8-6-7-9-20(18)29-22)24-21(26)15-25(30(3,27)28)17-12-10-16(23)11-13-17/h6-13,19H,4-5,14-15H2,1-3H3,(H,24,26)/t19-/m0/s1. The summed E-state index contributed by atoms with van der Waals surface area (Å²) in [4.78, 5) is 12.9. The Balaban J connectivity index is 1.84. The minimum absolute atomic E-state index is 0.242. The molecular formula is C22H27BrN2O4S. The molecule has 1 amide bonds. The Hall–Kier alpha value is -2.06. The van der Waals surface area contributed by atoms with Crippen molar-refractivity contribution < 1.29 is 17.9 Å². The number of sulfonamides is 1. The molecule has 0 spiro atoms. The van der Waals surface area contributed by atoms with Crippen molar-refractivity contribution in [2.45, 2.75) is 44.8 Å². The molecule has 1 N–H and O–H groups in total. The summed E-state index contributed by atoms with van der Waals surface area (Å²) >= 11 is 3.34. The molecule has 30 heavy (non-hydrogen) atoms. The number of nitrogens with one attached hydrogen (secondary N) is 1. The monoisotopic (exact) mass is 494 g/mol. The van der Waals surface area contributed by atoms with Gasteiger partial charge in [-0.15, -0.1) is 0 Å². The van der Waals surface area contributed by atoms with Crippen LogP contribution in [0.15, 0.2) is 53.0 Å². The number of hydrogen-bond donors (Lipinski definition) is 1. The highest BCUT2D eigenvalue weighted by molar-refractivity contribution is 9.10. The molecule has 162 valence electrons. The van der Waals surface area contributed by atoms with E-state index >= 15 is 0 Å². The van der Waals surface area contributed by atoms with Crippen molar-refractivity contribution in [3.63, 3.8) is 0 Å². The Morgan fingerprint density at radius 2 is 1.80 bits per heavy atom. The number of para-hydroxylation sites is 1. The minimum Gasteiger partial charge on any atom is -0.487 e. The van der Waals surface area contributed by atoms with E-state index < -0.39 is 10.0 Å². The predicted molar refractivity (Wildman–Crippen MR) is 122 cm³/mol. The fourth-order valence-corrected chi connectivity index (χ4v) is 4.93. The van der Waals surface area contributed by atoms with Crippen LogP contribution in [0.2, 0.25) is 0 Å². The summed E-state index contributed by atoms with van der Waals surface area (Å²) in [6.45, 7) is 3.87. The fourth-order valence-electron chi connectivity index (χ4n) is 3.81. The third-order valence-electron chi connectivity index (χ3n) is 5.62. The van der Waals surface area contributed by atoms with Crippen LogP contribution >= 0.6 is 15.9 Å². The van der Waals surface area contributed by atoms with Crippen molar-refractivity contribution >= 4 is 37.5 Å². The Morgan fingerprint density at radius 3 is 2.40 bits per heavy atom. The van der Waals surface area contributed by atoms with Crippen molar-refractivity contribution in [1.82, 2.24) is 5.32 Å². The van der Waals surface area contributed by atoms with Gasteiger partial charge in [-0.2, -0.15) is 0 Å². The van der Waals surface area contributed by atoms with Crippen molar-refractivity contribution in [1.29, 1.82) is 0 Å². The molecule has 1 aliphatic heterocycles. The van der Waals surface area contributed by atoms with Crippen LogP contribution < -0.4 is 14.4 Å². The Morgan fingerprint density at radius 1 is 1.17 bits per heavy atom. The zero-order valence-corrected chi connectivity index (χ0v) is 19.8. The highest BCUT2D eigenvalue weighted by atomic mass is 79.9. The number of carbonyl (C=O) groups is 1. The van der Waals surface area contributed by atoms with Gasteiger partial charge in [-0.3, -0.25) is 9.10 Å². The summed E-state index contributed by atoms with van der Waals surface area (Å²) in [5.74, 6) is 0.414. The minimum atomic E-state index is -3.63. The first-order valence-electron chi connectivity index (χ1n) is 9.98. The largest absolute Gasteiger partial charge is 0.487 e. The number of hydrogen-bond acceptors (Lipinski definition) is 4. The number of benzene rings is 2. The van der Waals surface area contributed by atoms with Crippen LogP contribution in [0.4, 0.5) is 5.69 Å². The number of carbonyl (C=O) groups excluding carboxylic acids is 1. The summed E-state index contributed by atoms with van der Waals surface area (Å²) in [6, 6.07) is 14.3. The summed E-state index contributed by atoms with van der Waals surface area (Å²) in [7, 11) is -3.63. The van der Waals surface area contributed by atoms with E-state index in [9.17, 15) is 13.2 Å². The predicted octanol–water partition coefficient (Wildman–Crippen LogP) is 4.41. The quantitative estimate of drug-likeness (QED) is 0.618. The lowest BCUT2D eigenvalue weighted by molar-refractivity contribution is -0.121. The second-order valence-electron chi connectivity index (χ2n) is 7.60. The molecule has 0 saturated carbocycles. The number of fused-ring (bicyclic) bond motifs is 1. The van der Waals surface area contributed by atoms with Gasteiger partial charge in [0.15, 0.2) is 0 Å². The third kappa shape index (κ3) is 4.98. The van der Waals surface area contributed by atoms with Crippen LogP contribution in [0.1, 0.15) is 44.7 Å². The maximum atomic E-state index is 12.9. The maximum Gasteiger partial charge on any atom is 0.241 e. The van der Waals surface area contributed by atoms with E-state index in [0.717, 1.165) is 39.2 Å². The van der Waals surface area contributed by atoms with E-state index in [0.29, 0.717) is 12.1 Å². The van der Waals surface area contributed by atoms with Gasteiger partial charge in [0.25, 0.3) is 0 Å². The molecule has 1 atom stereocenters. The Labute approximate surface area is 186 Å². The normalized spacial score (nSPS) is 17.5. The van der Waals surface area contributed by atoms with Crippen molar-refractivity contribution in [3.05, 3.63) is 58.6 Å². The summed E-state index contributed by atoms with van der Waals surface area (Å²) in [5, 5.41) is 3.05. The van der Waals surface area contributed by atoms with Crippen LogP contribution in [0.3, 0.4) is 0 Å². The summed E-state index contributed by atoms with van der Waals surface area (Å²) in [5.41, 5.74) is 1.01. The molecule has 3 rings (SSSR count). The van der Waals surface area contributed by atoms with Crippen molar-refractivity contribution in [2.75, 3.05) is 17.1 Å². The second-order valence-corrected chi connectivity index (χ2v) is 10.4. The topological polar surface area (TPSA) is 75.7 Å².